The minimum atomic E-state index is -0.351. The van der Waals surface area contributed by atoms with Gasteiger partial charge in [-0.25, -0.2) is 9.97 Å². The van der Waals surface area contributed by atoms with Gasteiger partial charge in [0.05, 0.1) is 32.8 Å². The third-order valence-corrected chi connectivity index (χ3v) is 8.26. The maximum absolute atomic E-state index is 13.2. The van der Waals surface area contributed by atoms with Crippen molar-refractivity contribution < 1.29 is 9.59 Å². The number of benzene rings is 2. The largest absolute Gasteiger partial charge is 0.327 e. The zero-order valence-electron chi connectivity index (χ0n) is 22.1. The van der Waals surface area contributed by atoms with Crippen molar-refractivity contribution in [1.29, 1.82) is 0 Å². The Labute approximate surface area is 241 Å². The molecule has 0 spiro atoms. The number of carbonyl (C=O) groups excluding carboxylic acids is 2. The Hall–Kier alpha value is -3.70. The number of amides is 2. The number of imidazole rings is 2. The Kier molecular flexibility index (Phi) is 7.09. The molecule has 0 atom stereocenters. The number of anilines is 2. The molecule has 0 bridgehead atoms. The molecule has 2 amide bonds. The molecule has 0 aliphatic carbocycles. The van der Waals surface area contributed by atoms with Crippen LogP contribution in [-0.4, -0.2) is 44.0 Å². The van der Waals surface area contributed by atoms with E-state index in [1.165, 1.54) is 0 Å². The van der Waals surface area contributed by atoms with Gasteiger partial charge in [-0.3, -0.25) is 9.59 Å². The highest BCUT2D eigenvalue weighted by Gasteiger charge is 2.25. The first-order valence-corrected chi connectivity index (χ1v) is 13.8. The second-order valence-corrected chi connectivity index (χ2v) is 10.6. The van der Waals surface area contributed by atoms with Crippen LogP contribution in [0.25, 0.3) is 11.1 Å². The summed E-state index contributed by atoms with van der Waals surface area (Å²) in [6.45, 7) is 2.97. The molecule has 2 aromatic heterocycles. The van der Waals surface area contributed by atoms with Crippen molar-refractivity contribution in [2.45, 2.75) is 25.9 Å². The molecule has 206 valence electrons. The summed E-state index contributed by atoms with van der Waals surface area (Å²) in [6.07, 6.45) is 1.63. The van der Waals surface area contributed by atoms with Crippen LogP contribution < -0.4 is 21.3 Å². The summed E-state index contributed by atoms with van der Waals surface area (Å²) < 4.78 is 3.67. The summed E-state index contributed by atoms with van der Waals surface area (Å²) in [5.41, 5.74) is 5.96. The van der Waals surface area contributed by atoms with Crippen LogP contribution in [0.2, 0.25) is 10.0 Å². The van der Waals surface area contributed by atoms with E-state index in [2.05, 4.69) is 31.2 Å². The fourth-order valence-corrected chi connectivity index (χ4v) is 5.90. The monoisotopic (exact) mass is 578 g/mol. The Balaban J connectivity index is 1.26. The Morgan fingerprint density at radius 3 is 1.57 bits per heavy atom. The highest BCUT2D eigenvalue weighted by Crippen LogP contribution is 2.40. The van der Waals surface area contributed by atoms with E-state index >= 15 is 0 Å². The highest BCUT2D eigenvalue weighted by molar-refractivity contribution is 6.40. The van der Waals surface area contributed by atoms with Gasteiger partial charge in [0.15, 0.2) is 11.6 Å². The highest BCUT2D eigenvalue weighted by atomic mass is 35.5. The van der Waals surface area contributed by atoms with Crippen LogP contribution in [0.5, 0.6) is 0 Å². The van der Waals surface area contributed by atoms with Gasteiger partial charge in [-0.2, -0.15) is 0 Å². The summed E-state index contributed by atoms with van der Waals surface area (Å²) in [5.74, 6) is -0.0543. The predicted molar refractivity (Wildman–Crippen MR) is 155 cm³/mol. The zero-order chi connectivity index (χ0) is 28.0. The van der Waals surface area contributed by atoms with E-state index in [0.717, 1.165) is 48.7 Å². The lowest BCUT2D eigenvalue weighted by atomic mass is 10.0. The Morgan fingerprint density at radius 1 is 0.750 bits per heavy atom. The van der Waals surface area contributed by atoms with Gasteiger partial charge in [-0.1, -0.05) is 47.5 Å². The molecule has 2 aliphatic rings. The van der Waals surface area contributed by atoms with Crippen LogP contribution >= 0.6 is 23.2 Å². The molecule has 2 aromatic carbocycles. The first-order chi connectivity index (χ1) is 19.3. The van der Waals surface area contributed by atoms with Crippen molar-refractivity contribution in [3.8, 4) is 11.1 Å². The van der Waals surface area contributed by atoms with E-state index in [1.807, 2.05) is 35.4 Å². The Bertz CT molecular complexity index is 1540. The standard InChI is InChI=1S/C28H28Cl2N8O2/c1-37-21-9-11-31-13-19(21)33-25(37)27(39)35-17-7-3-5-15(23(17)29)16-6-4-8-18(24(16)30)36-28(40)26-34-20-14-32-12-10-22(20)38(26)2/h3-8,31-32H,9-14H2,1-2H3,(H,35,39)(H,36,40). The van der Waals surface area contributed by atoms with Crippen LogP contribution in [0.15, 0.2) is 36.4 Å². The van der Waals surface area contributed by atoms with Crippen molar-refractivity contribution in [2.75, 3.05) is 23.7 Å². The molecule has 0 saturated heterocycles. The fraction of sp³-hybridized carbons (Fsp3) is 0.286. The van der Waals surface area contributed by atoms with Gasteiger partial charge in [0.25, 0.3) is 11.8 Å². The molecule has 0 radical (unpaired) electrons. The molecular weight excluding hydrogens is 551 g/mol. The number of rotatable bonds is 5. The molecule has 4 heterocycles. The number of aromatic nitrogens is 4. The lowest BCUT2D eigenvalue weighted by Gasteiger charge is -2.15. The molecule has 40 heavy (non-hydrogen) atoms. The van der Waals surface area contributed by atoms with Crippen LogP contribution in [0, 0.1) is 0 Å². The Morgan fingerprint density at radius 2 is 1.18 bits per heavy atom. The third-order valence-electron chi connectivity index (χ3n) is 7.45. The molecule has 12 heteroatoms. The SMILES string of the molecule is Cn1c(C(=O)Nc2cccc(-c3cccc(NC(=O)c4nc5c(n4C)CCNC5)c3Cl)c2Cl)nc2c1CCNC2. The summed E-state index contributed by atoms with van der Waals surface area (Å²) >= 11 is 13.6. The normalized spacial score (nSPS) is 14.4. The minimum Gasteiger partial charge on any atom is -0.327 e. The van der Waals surface area contributed by atoms with Crippen LogP contribution in [-0.2, 0) is 40.0 Å². The van der Waals surface area contributed by atoms with Gasteiger partial charge >= 0.3 is 0 Å². The van der Waals surface area contributed by atoms with Gasteiger partial charge < -0.3 is 30.4 Å². The molecular formula is C28H28Cl2N8O2. The number of hydrogen-bond donors (Lipinski definition) is 4. The lowest BCUT2D eigenvalue weighted by molar-refractivity contribution is 0.100. The number of hydrogen-bond acceptors (Lipinski definition) is 6. The molecule has 6 rings (SSSR count). The van der Waals surface area contributed by atoms with Crippen molar-refractivity contribution >= 4 is 46.4 Å². The maximum Gasteiger partial charge on any atom is 0.291 e. The van der Waals surface area contributed by atoms with Crippen molar-refractivity contribution in [3.05, 3.63) is 80.9 Å². The predicted octanol–water partition coefficient (Wildman–Crippen LogP) is 3.92. The average molecular weight is 579 g/mol. The molecule has 4 aromatic rings. The maximum atomic E-state index is 13.2. The van der Waals surface area contributed by atoms with Gasteiger partial charge in [-0.15, -0.1) is 0 Å². The van der Waals surface area contributed by atoms with Gasteiger partial charge in [-0.05, 0) is 12.1 Å². The van der Waals surface area contributed by atoms with Crippen molar-refractivity contribution in [1.82, 2.24) is 29.7 Å². The van der Waals surface area contributed by atoms with E-state index in [4.69, 9.17) is 23.2 Å². The first kappa shape index (κ1) is 26.5. The average Bonchev–Trinajstić information content (AvgIpc) is 3.48. The minimum absolute atomic E-state index is 0.324. The number of nitrogens with one attached hydrogen (secondary N) is 4. The summed E-state index contributed by atoms with van der Waals surface area (Å²) in [7, 11) is 3.70. The number of nitrogens with zero attached hydrogens (tertiary/aromatic N) is 4. The molecule has 10 nitrogen and oxygen atoms in total. The summed E-state index contributed by atoms with van der Waals surface area (Å²) in [5, 5.41) is 13.0. The fourth-order valence-electron chi connectivity index (χ4n) is 5.35. The molecule has 0 unspecified atom stereocenters. The second kappa shape index (κ2) is 10.7. The van der Waals surface area contributed by atoms with Gasteiger partial charge in [0.2, 0.25) is 0 Å². The van der Waals surface area contributed by atoms with E-state index in [-0.39, 0.29) is 11.8 Å². The van der Waals surface area contributed by atoms with Gasteiger partial charge in [0.1, 0.15) is 0 Å². The second-order valence-electron chi connectivity index (χ2n) is 9.87. The van der Waals surface area contributed by atoms with Crippen molar-refractivity contribution in [2.24, 2.45) is 14.1 Å². The lowest BCUT2D eigenvalue weighted by Crippen LogP contribution is -2.24. The van der Waals surface area contributed by atoms with Gasteiger partial charge in [0, 0.05) is 75.6 Å². The quantitative estimate of drug-likeness (QED) is 0.285. The third kappa shape index (κ3) is 4.66. The van der Waals surface area contributed by atoms with E-state index in [1.54, 1.807) is 24.3 Å². The first-order valence-electron chi connectivity index (χ1n) is 13.0. The topological polar surface area (TPSA) is 118 Å². The summed E-state index contributed by atoms with van der Waals surface area (Å²) in [6, 6.07) is 10.7. The smallest absolute Gasteiger partial charge is 0.291 e. The van der Waals surface area contributed by atoms with Crippen molar-refractivity contribution in [3.63, 3.8) is 0 Å². The molecule has 2 aliphatic heterocycles. The van der Waals surface area contributed by atoms with Crippen LogP contribution in [0.1, 0.15) is 44.0 Å². The molecule has 0 fully saturated rings. The number of carbonyl (C=O) groups is 2. The van der Waals surface area contributed by atoms with Crippen LogP contribution in [0.4, 0.5) is 11.4 Å². The van der Waals surface area contributed by atoms with E-state index in [0.29, 0.717) is 57.3 Å². The summed E-state index contributed by atoms with van der Waals surface area (Å²) in [4.78, 5) is 35.4. The molecule has 0 saturated carbocycles. The number of halogens is 2. The zero-order valence-corrected chi connectivity index (χ0v) is 23.6. The van der Waals surface area contributed by atoms with E-state index in [9.17, 15) is 9.59 Å². The van der Waals surface area contributed by atoms with Crippen LogP contribution in [0.3, 0.4) is 0 Å². The number of fused-ring (bicyclic) bond motifs is 2. The molecule has 4 N–H and O–H groups in total. The van der Waals surface area contributed by atoms with E-state index < -0.39 is 0 Å².